The van der Waals surface area contributed by atoms with Crippen LogP contribution in [-0.4, -0.2) is 25.7 Å². The first-order chi connectivity index (χ1) is 9.69. The van der Waals surface area contributed by atoms with Crippen LogP contribution in [-0.2, 0) is 0 Å². The highest BCUT2D eigenvalue weighted by Crippen LogP contribution is 2.31. The summed E-state index contributed by atoms with van der Waals surface area (Å²) in [5, 5.41) is 3.57. The van der Waals surface area contributed by atoms with Crippen LogP contribution in [0.15, 0.2) is 24.3 Å². The molecule has 0 amide bonds. The Hall–Kier alpha value is -1.09. The van der Waals surface area contributed by atoms with Crippen molar-refractivity contribution in [3.05, 3.63) is 30.1 Å². The standard InChI is InChI=1S/C17H27FN2/c1-3-20(16-9-7-15(18)8-10-16)14-13-17(19-2)11-5-4-6-12-17/h7-10,19H,3-6,11-14H2,1-2H3. The highest BCUT2D eigenvalue weighted by atomic mass is 19.1. The lowest BCUT2D eigenvalue weighted by atomic mass is 9.79. The third-order valence-corrected chi connectivity index (χ3v) is 4.77. The summed E-state index contributed by atoms with van der Waals surface area (Å²) in [5.74, 6) is -0.163. The molecule has 1 aromatic rings. The second-order valence-electron chi connectivity index (χ2n) is 5.90. The Morgan fingerprint density at radius 1 is 1.15 bits per heavy atom. The molecule has 0 saturated heterocycles. The van der Waals surface area contributed by atoms with Gasteiger partial charge in [-0.25, -0.2) is 4.39 Å². The van der Waals surface area contributed by atoms with E-state index in [0.717, 1.165) is 25.2 Å². The van der Waals surface area contributed by atoms with Crippen molar-refractivity contribution in [3.8, 4) is 0 Å². The van der Waals surface area contributed by atoms with Crippen LogP contribution in [0.1, 0.15) is 45.4 Å². The molecule has 1 fully saturated rings. The molecular formula is C17H27FN2. The van der Waals surface area contributed by atoms with Gasteiger partial charge in [0, 0.05) is 24.3 Å². The van der Waals surface area contributed by atoms with E-state index in [1.54, 1.807) is 12.1 Å². The fraction of sp³-hybridized carbons (Fsp3) is 0.647. The number of rotatable bonds is 6. The van der Waals surface area contributed by atoms with Crippen molar-refractivity contribution < 1.29 is 4.39 Å². The maximum absolute atomic E-state index is 13.0. The molecule has 0 radical (unpaired) electrons. The smallest absolute Gasteiger partial charge is 0.123 e. The third kappa shape index (κ3) is 3.72. The lowest BCUT2D eigenvalue weighted by Gasteiger charge is -2.39. The summed E-state index contributed by atoms with van der Waals surface area (Å²) < 4.78 is 13.0. The minimum absolute atomic E-state index is 0.163. The molecule has 1 aliphatic rings. The van der Waals surface area contributed by atoms with Crippen molar-refractivity contribution in [3.63, 3.8) is 0 Å². The van der Waals surface area contributed by atoms with Gasteiger partial charge in [-0.1, -0.05) is 19.3 Å². The van der Waals surface area contributed by atoms with Gasteiger partial charge in [0.25, 0.3) is 0 Å². The van der Waals surface area contributed by atoms with Crippen LogP contribution >= 0.6 is 0 Å². The van der Waals surface area contributed by atoms with Crippen molar-refractivity contribution in [2.75, 3.05) is 25.0 Å². The van der Waals surface area contributed by atoms with Gasteiger partial charge in [-0.2, -0.15) is 0 Å². The molecule has 0 atom stereocenters. The number of halogens is 1. The first-order valence-corrected chi connectivity index (χ1v) is 7.88. The molecule has 2 rings (SSSR count). The van der Waals surface area contributed by atoms with Crippen LogP contribution < -0.4 is 10.2 Å². The largest absolute Gasteiger partial charge is 0.372 e. The van der Waals surface area contributed by atoms with Gasteiger partial charge in [0.1, 0.15) is 5.82 Å². The first-order valence-electron chi connectivity index (χ1n) is 7.88. The molecule has 1 aliphatic carbocycles. The van der Waals surface area contributed by atoms with E-state index in [1.165, 1.54) is 32.1 Å². The Morgan fingerprint density at radius 2 is 1.80 bits per heavy atom. The van der Waals surface area contributed by atoms with E-state index in [0.29, 0.717) is 5.54 Å². The lowest BCUT2D eigenvalue weighted by Crippen LogP contribution is -2.47. The maximum Gasteiger partial charge on any atom is 0.123 e. The van der Waals surface area contributed by atoms with E-state index in [2.05, 4.69) is 24.2 Å². The summed E-state index contributed by atoms with van der Waals surface area (Å²) in [6, 6.07) is 6.86. The molecular weight excluding hydrogens is 251 g/mol. The molecule has 3 heteroatoms. The van der Waals surface area contributed by atoms with E-state index < -0.39 is 0 Å². The lowest BCUT2D eigenvalue weighted by molar-refractivity contribution is 0.232. The van der Waals surface area contributed by atoms with Crippen molar-refractivity contribution in [1.29, 1.82) is 0 Å². The zero-order chi connectivity index (χ0) is 14.4. The summed E-state index contributed by atoms with van der Waals surface area (Å²) in [6.45, 7) is 4.16. The number of nitrogens with one attached hydrogen (secondary N) is 1. The zero-order valence-electron chi connectivity index (χ0n) is 12.8. The second kappa shape index (κ2) is 7.07. The van der Waals surface area contributed by atoms with E-state index in [1.807, 2.05) is 12.1 Å². The molecule has 0 aromatic heterocycles. The van der Waals surface area contributed by atoms with Crippen molar-refractivity contribution in [2.24, 2.45) is 0 Å². The molecule has 1 N–H and O–H groups in total. The summed E-state index contributed by atoms with van der Waals surface area (Å²) in [6.07, 6.45) is 7.77. The predicted octanol–water partition coefficient (Wildman–Crippen LogP) is 3.96. The summed E-state index contributed by atoms with van der Waals surface area (Å²) in [5.41, 5.74) is 1.43. The van der Waals surface area contributed by atoms with Gasteiger partial charge >= 0.3 is 0 Å². The van der Waals surface area contributed by atoms with Gasteiger partial charge < -0.3 is 10.2 Å². The van der Waals surface area contributed by atoms with Crippen LogP contribution in [0, 0.1) is 5.82 Å². The minimum Gasteiger partial charge on any atom is -0.372 e. The monoisotopic (exact) mass is 278 g/mol. The Balaban J connectivity index is 1.97. The average Bonchev–Trinajstić information content (AvgIpc) is 2.50. The molecule has 0 bridgehead atoms. The number of anilines is 1. The highest BCUT2D eigenvalue weighted by Gasteiger charge is 2.30. The molecule has 1 saturated carbocycles. The summed E-state index contributed by atoms with van der Waals surface area (Å²) in [4.78, 5) is 2.34. The Labute approximate surface area is 122 Å². The molecule has 20 heavy (non-hydrogen) atoms. The van der Waals surface area contributed by atoms with Gasteiger partial charge in [-0.3, -0.25) is 0 Å². The van der Waals surface area contributed by atoms with E-state index in [-0.39, 0.29) is 5.82 Å². The zero-order valence-corrected chi connectivity index (χ0v) is 12.8. The molecule has 2 nitrogen and oxygen atoms in total. The maximum atomic E-state index is 13.0. The quantitative estimate of drug-likeness (QED) is 0.847. The molecule has 0 spiro atoms. The van der Waals surface area contributed by atoms with Gasteiger partial charge in [0.15, 0.2) is 0 Å². The van der Waals surface area contributed by atoms with Crippen molar-refractivity contribution in [1.82, 2.24) is 5.32 Å². The molecule has 0 heterocycles. The summed E-state index contributed by atoms with van der Waals surface area (Å²) >= 11 is 0. The van der Waals surface area contributed by atoms with E-state index >= 15 is 0 Å². The average molecular weight is 278 g/mol. The van der Waals surface area contributed by atoms with Crippen molar-refractivity contribution in [2.45, 2.75) is 51.0 Å². The van der Waals surface area contributed by atoms with Gasteiger partial charge in [-0.15, -0.1) is 0 Å². The molecule has 112 valence electrons. The third-order valence-electron chi connectivity index (χ3n) is 4.77. The predicted molar refractivity (Wildman–Crippen MR) is 83.8 cm³/mol. The van der Waals surface area contributed by atoms with E-state index in [9.17, 15) is 4.39 Å². The normalized spacial score (nSPS) is 17.9. The fourth-order valence-corrected chi connectivity index (χ4v) is 3.32. The number of hydrogen-bond acceptors (Lipinski definition) is 2. The van der Waals surface area contributed by atoms with Crippen LogP contribution in [0.5, 0.6) is 0 Å². The van der Waals surface area contributed by atoms with Crippen LogP contribution in [0.25, 0.3) is 0 Å². The highest BCUT2D eigenvalue weighted by molar-refractivity contribution is 5.46. The Kier molecular flexibility index (Phi) is 5.41. The first kappa shape index (κ1) is 15.3. The Bertz CT molecular complexity index is 396. The van der Waals surface area contributed by atoms with Crippen LogP contribution in [0.2, 0.25) is 0 Å². The number of benzene rings is 1. The van der Waals surface area contributed by atoms with Crippen molar-refractivity contribution >= 4 is 5.69 Å². The SMILES string of the molecule is CCN(CCC1(NC)CCCCC1)c1ccc(F)cc1. The Morgan fingerprint density at radius 3 is 2.35 bits per heavy atom. The minimum atomic E-state index is -0.163. The van der Waals surface area contributed by atoms with E-state index in [4.69, 9.17) is 0 Å². The van der Waals surface area contributed by atoms with Gasteiger partial charge in [-0.05, 0) is 57.5 Å². The summed E-state index contributed by atoms with van der Waals surface area (Å²) in [7, 11) is 2.10. The van der Waals surface area contributed by atoms with Crippen LogP contribution in [0.4, 0.5) is 10.1 Å². The molecule has 1 aromatic carbocycles. The van der Waals surface area contributed by atoms with Gasteiger partial charge in [0.05, 0.1) is 0 Å². The molecule has 0 aliphatic heterocycles. The number of hydrogen-bond donors (Lipinski definition) is 1. The van der Waals surface area contributed by atoms with Crippen LogP contribution in [0.3, 0.4) is 0 Å². The van der Waals surface area contributed by atoms with Gasteiger partial charge in [0.2, 0.25) is 0 Å². The second-order valence-corrected chi connectivity index (χ2v) is 5.90. The topological polar surface area (TPSA) is 15.3 Å². The molecule has 0 unspecified atom stereocenters. The number of nitrogens with zero attached hydrogens (tertiary/aromatic N) is 1. The fourth-order valence-electron chi connectivity index (χ4n) is 3.32.